The molecule has 0 aromatic rings. The van der Waals surface area contributed by atoms with E-state index in [2.05, 4.69) is 11.7 Å². The Kier molecular flexibility index (Phi) is 22.2. The van der Waals surface area contributed by atoms with Crippen LogP contribution in [0.5, 0.6) is 0 Å². The minimum absolute atomic E-state index is 0. The van der Waals surface area contributed by atoms with Crippen molar-refractivity contribution in [2.45, 2.75) is 25.7 Å². The van der Waals surface area contributed by atoms with Gasteiger partial charge in [0.15, 0.2) is 0 Å². The minimum Gasteiger partial charge on any atom is -1.00 e. The Morgan fingerprint density at radius 3 is 2.54 bits per heavy atom. The van der Waals surface area contributed by atoms with Crippen molar-refractivity contribution in [3.8, 4) is 0 Å². The van der Waals surface area contributed by atoms with Gasteiger partial charge in [-0.1, -0.05) is 18.9 Å². The van der Waals surface area contributed by atoms with Crippen LogP contribution >= 0.6 is 0 Å². The van der Waals surface area contributed by atoms with Gasteiger partial charge in [-0.05, 0) is 6.42 Å². The van der Waals surface area contributed by atoms with Gasteiger partial charge >= 0.3 is 25.4 Å². The molecule has 0 bridgehead atoms. The molecule has 0 saturated carbocycles. The van der Waals surface area contributed by atoms with Gasteiger partial charge in [-0.25, -0.2) is 4.79 Å². The minimum atomic E-state index is -0.278. The van der Waals surface area contributed by atoms with Crippen LogP contribution in [-0.4, -0.2) is 13.1 Å². The molecule has 13 heavy (non-hydrogen) atoms. The van der Waals surface area contributed by atoms with Gasteiger partial charge in [0.2, 0.25) is 0 Å². The number of carbonyl (C=O) groups excluding carboxylic acids is 1. The van der Waals surface area contributed by atoms with Crippen LogP contribution in [-0.2, 0) is 29.0 Å². The molecular formula is C9H15IO2Zn. The topological polar surface area (TPSA) is 26.3 Å². The Labute approximate surface area is 110 Å². The van der Waals surface area contributed by atoms with E-state index < -0.39 is 0 Å². The van der Waals surface area contributed by atoms with Crippen LogP contribution in [0.3, 0.4) is 0 Å². The summed E-state index contributed by atoms with van der Waals surface area (Å²) in [7, 11) is 1.38. The molecular weight excluding hydrogens is 332 g/mol. The van der Waals surface area contributed by atoms with Crippen LogP contribution in [0.25, 0.3) is 0 Å². The monoisotopic (exact) mass is 346 g/mol. The molecule has 0 saturated heterocycles. The van der Waals surface area contributed by atoms with Crippen LogP contribution in [0.1, 0.15) is 25.7 Å². The molecule has 4 heteroatoms. The molecule has 0 amide bonds. The number of ether oxygens (including phenoxy) is 1. The summed E-state index contributed by atoms with van der Waals surface area (Å²) in [5, 5.41) is 0. The Balaban J connectivity index is -0.000000500. The third-order valence-corrected chi connectivity index (χ3v) is 1.33. The molecule has 0 aliphatic heterocycles. The predicted octanol–water partition coefficient (Wildman–Crippen LogP) is -0.888. The van der Waals surface area contributed by atoms with Gasteiger partial charge in [0.25, 0.3) is 0 Å². The smallest absolute Gasteiger partial charge is 1.00 e. The number of unbranched alkanes of at least 4 members (excludes halogenated alkanes) is 3. The molecule has 0 fully saturated rings. The zero-order valence-electron chi connectivity index (χ0n) is 8.09. The summed E-state index contributed by atoms with van der Waals surface area (Å²) >= 11 is 0. The number of rotatable bonds is 5. The third kappa shape index (κ3) is 15.3. The summed E-state index contributed by atoms with van der Waals surface area (Å²) in [6.45, 7) is 3.72. The van der Waals surface area contributed by atoms with Crippen molar-refractivity contribution in [2.75, 3.05) is 7.11 Å². The molecule has 0 aromatic carbocycles. The van der Waals surface area contributed by atoms with Crippen LogP contribution in [0.15, 0.2) is 12.2 Å². The first-order chi connectivity index (χ1) is 5.31. The molecule has 0 aromatic heterocycles. The van der Waals surface area contributed by atoms with Crippen molar-refractivity contribution < 1.29 is 53.0 Å². The normalized spacial score (nSPS) is 8.77. The summed E-state index contributed by atoms with van der Waals surface area (Å²) in [6, 6.07) is 0. The molecule has 0 spiro atoms. The van der Waals surface area contributed by atoms with E-state index in [0.29, 0.717) is 0 Å². The SMILES string of the molecule is [CH2-]CCCC/C=C/C(=O)OC.[I-].[Zn+2]. The summed E-state index contributed by atoms with van der Waals surface area (Å²) in [6.07, 6.45) is 7.41. The van der Waals surface area contributed by atoms with Crippen LogP contribution < -0.4 is 24.0 Å². The summed E-state index contributed by atoms with van der Waals surface area (Å²) < 4.78 is 4.42. The number of esters is 1. The zero-order chi connectivity index (χ0) is 8.53. The maximum absolute atomic E-state index is 10.5. The first-order valence-corrected chi connectivity index (χ1v) is 3.85. The van der Waals surface area contributed by atoms with Crippen molar-refractivity contribution in [1.82, 2.24) is 0 Å². The first kappa shape index (κ1) is 19.2. The first-order valence-electron chi connectivity index (χ1n) is 3.85. The second-order valence-electron chi connectivity index (χ2n) is 2.27. The number of methoxy groups -OCH3 is 1. The number of hydrogen-bond acceptors (Lipinski definition) is 2. The van der Waals surface area contributed by atoms with Gasteiger partial charge in [0, 0.05) is 6.08 Å². The molecule has 0 unspecified atom stereocenters. The Morgan fingerprint density at radius 2 is 2.08 bits per heavy atom. The molecule has 0 N–H and O–H groups in total. The van der Waals surface area contributed by atoms with Gasteiger partial charge in [-0.2, -0.15) is 6.42 Å². The Hall–Kier alpha value is 0.563. The number of allylic oxidation sites excluding steroid dienone is 1. The number of halogens is 1. The van der Waals surface area contributed by atoms with Gasteiger partial charge in [-0.3, -0.25) is 0 Å². The van der Waals surface area contributed by atoms with Crippen molar-refractivity contribution in [2.24, 2.45) is 0 Å². The maximum Gasteiger partial charge on any atom is 2.00 e. The molecule has 0 aliphatic carbocycles. The second-order valence-corrected chi connectivity index (χ2v) is 2.27. The molecule has 2 nitrogen and oxygen atoms in total. The predicted molar refractivity (Wildman–Crippen MR) is 45.0 cm³/mol. The van der Waals surface area contributed by atoms with E-state index >= 15 is 0 Å². The van der Waals surface area contributed by atoms with Crippen LogP contribution in [0, 0.1) is 6.92 Å². The fraction of sp³-hybridized carbons (Fsp3) is 0.556. The van der Waals surface area contributed by atoms with Gasteiger partial charge in [-0.15, -0.1) is 0 Å². The standard InChI is InChI=1S/C9H15O2.HI.Zn/c1-3-4-5-6-7-8-9(10)11-2;;/h7-8H,1,3-6H2,2H3;1H;/q-1;;+2/p-1/b8-7+;;. The summed E-state index contributed by atoms with van der Waals surface area (Å²) in [5.74, 6) is -0.278. The van der Waals surface area contributed by atoms with E-state index in [1.807, 2.05) is 6.08 Å². The van der Waals surface area contributed by atoms with E-state index in [1.54, 1.807) is 0 Å². The Morgan fingerprint density at radius 1 is 1.46 bits per heavy atom. The maximum atomic E-state index is 10.5. The third-order valence-electron chi connectivity index (χ3n) is 1.33. The van der Waals surface area contributed by atoms with Gasteiger partial charge in [0.1, 0.15) is 0 Å². The largest absolute Gasteiger partial charge is 2.00 e. The molecule has 0 radical (unpaired) electrons. The van der Waals surface area contributed by atoms with Crippen molar-refractivity contribution in [3.05, 3.63) is 19.1 Å². The van der Waals surface area contributed by atoms with Crippen LogP contribution in [0.2, 0.25) is 0 Å². The van der Waals surface area contributed by atoms with Crippen molar-refractivity contribution >= 4 is 5.97 Å². The van der Waals surface area contributed by atoms with E-state index in [4.69, 9.17) is 0 Å². The van der Waals surface area contributed by atoms with E-state index in [0.717, 1.165) is 25.7 Å². The number of carbonyl (C=O) groups is 1. The van der Waals surface area contributed by atoms with E-state index in [9.17, 15) is 4.79 Å². The summed E-state index contributed by atoms with van der Waals surface area (Å²) in [4.78, 5) is 10.5. The Bertz CT molecular complexity index is 138. The molecule has 0 aliphatic rings. The molecule has 0 heterocycles. The fourth-order valence-corrected chi connectivity index (χ4v) is 0.687. The van der Waals surface area contributed by atoms with E-state index in [-0.39, 0.29) is 49.4 Å². The van der Waals surface area contributed by atoms with Crippen LogP contribution in [0.4, 0.5) is 0 Å². The van der Waals surface area contributed by atoms with Gasteiger partial charge in [0.05, 0.1) is 7.11 Å². The average Bonchev–Trinajstić information content (AvgIpc) is 2.04. The number of hydrogen-bond donors (Lipinski definition) is 0. The van der Waals surface area contributed by atoms with Crippen molar-refractivity contribution in [1.29, 1.82) is 0 Å². The quantitative estimate of drug-likeness (QED) is 0.161. The molecule has 72 valence electrons. The van der Waals surface area contributed by atoms with Gasteiger partial charge < -0.3 is 35.6 Å². The molecule has 0 rings (SSSR count). The fourth-order valence-electron chi connectivity index (χ4n) is 0.687. The zero-order valence-corrected chi connectivity index (χ0v) is 13.2. The van der Waals surface area contributed by atoms with E-state index in [1.165, 1.54) is 13.2 Å². The second kappa shape index (κ2) is 15.1. The molecule has 0 atom stereocenters. The van der Waals surface area contributed by atoms with Crippen molar-refractivity contribution in [3.63, 3.8) is 0 Å². The summed E-state index contributed by atoms with van der Waals surface area (Å²) in [5.41, 5.74) is 0. The average molecular weight is 348 g/mol.